The average molecular weight is 451 g/mol. The fourth-order valence-corrected chi connectivity index (χ4v) is 4.33. The number of fused-ring (bicyclic) bond motifs is 1. The molecule has 1 amide bonds. The molecule has 1 atom stereocenters. The highest BCUT2D eigenvalue weighted by molar-refractivity contribution is 7.92. The number of hydrogen-bond donors (Lipinski definition) is 2. The van der Waals surface area contributed by atoms with Gasteiger partial charge in [-0.1, -0.05) is 6.07 Å². The number of aliphatic hydroxyl groups is 1. The molecule has 10 heteroatoms. The Morgan fingerprint density at radius 3 is 2.48 bits per heavy atom. The summed E-state index contributed by atoms with van der Waals surface area (Å²) in [5, 5.41) is 12.9. The van der Waals surface area contributed by atoms with Crippen molar-refractivity contribution in [3.05, 3.63) is 47.5 Å². The number of rotatable bonds is 9. The summed E-state index contributed by atoms with van der Waals surface area (Å²) in [7, 11) is -0.334. The first kappa shape index (κ1) is 22.7. The predicted molar refractivity (Wildman–Crippen MR) is 116 cm³/mol. The predicted octanol–water partition coefficient (Wildman–Crippen LogP) is 1.20. The molecule has 2 N–H and O–H groups in total. The van der Waals surface area contributed by atoms with Gasteiger partial charge in [-0.15, -0.1) is 0 Å². The van der Waals surface area contributed by atoms with Crippen LogP contribution in [0.2, 0.25) is 0 Å². The minimum absolute atomic E-state index is 0.0250. The first-order valence-corrected chi connectivity index (χ1v) is 11.5. The normalized spacial score (nSPS) is 14.0. The van der Waals surface area contributed by atoms with Crippen molar-refractivity contribution < 1.29 is 32.5 Å². The van der Waals surface area contributed by atoms with E-state index in [2.05, 4.69) is 5.32 Å². The van der Waals surface area contributed by atoms with Gasteiger partial charge in [-0.3, -0.25) is 9.10 Å². The first-order chi connectivity index (χ1) is 14.7. The summed E-state index contributed by atoms with van der Waals surface area (Å²) in [6.45, 7) is 0.259. The van der Waals surface area contributed by atoms with E-state index in [1.807, 2.05) is 0 Å². The van der Waals surface area contributed by atoms with Gasteiger partial charge in [0.05, 0.1) is 26.2 Å². The van der Waals surface area contributed by atoms with Gasteiger partial charge in [0.1, 0.15) is 12.7 Å². The minimum atomic E-state index is -3.34. The van der Waals surface area contributed by atoms with E-state index in [-0.39, 0.29) is 19.1 Å². The lowest BCUT2D eigenvalue weighted by Crippen LogP contribution is -2.35. The number of aliphatic hydroxyl groups excluding tert-OH is 1. The smallest absolute Gasteiger partial charge is 0.251 e. The van der Waals surface area contributed by atoms with Gasteiger partial charge in [-0.25, -0.2) is 8.42 Å². The molecule has 3 rings (SSSR count). The third-order valence-corrected chi connectivity index (χ3v) is 6.08. The largest absolute Gasteiger partial charge is 0.493 e. The van der Waals surface area contributed by atoms with Crippen LogP contribution >= 0.6 is 0 Å². The van der Waals surface area contributed by atoms with Crippen LogP contribution in [0.4, 0.5) is 5.69 Å². The lowest BCUT2D eigenvalue weighted by Gasteiger charge is -2.17. The number of hydrogen-bond acceptors (Lipinski definition) is 7. The topological polar surface area (TPSA) is 114 Å². The number of ether oxygens (including phenoxy) is 3. The summed E-state index contributed by atoms with van der Waals surface area (Å²) in [5.41, 5.74) is 1.79. The molecule has 1 aliphatic rings. The number of anilines is 1. The molecule has 0 aliphatic carbocycles. The zero-order valence-electron chi connectivity index (χ0n) is 17.6. The quantitative estimate of drug-likeness (QED) is 0.590. The molecule has 0 spiro atoms. The van der Waals surface area contributed by atoms with Crippen molar-refractivity contribution in [1.82, 2.24) is 5.32 Å². The van der Waals surface area contributed by atoms with Crippen LogP contribution < -0.4 is 23.8 Å². The molecule has 2 aromatic carbocycles. The Hall–Kier alpha value is -2.98. The van der Waals surface area contributed by atoms with Crippen LogP contribution in [-0.2, 0) is 16.4 Å². The van der Waals surface area contributed by atoms with Crippen molar-refractivity contribution in [3.8, 4) is 17.2 Å². The molecule has 0 fully saturated rings. The third kappa shape index (κ3) is 5.20. The molecular formula is C21H26N2O7S. The van der Waals surface area contributed by atoms with Crippen LogP contribution in [0.15, 0.2) is 36.4 Å². The number of methoxy groups -OCH3 is 2. The van der Waals surface area contributed by atoms with Crippen molar-refractivity contribution in [1.29, 1.82) is 0 Å². The van der Waals surface area contributed by atoms with Crippen molar-refractivity contribution in [2.24, 2.45) is 0 Å². The van der Waals surface area contributed by atoms with Gasteiger partial charge in [0.15, 0.2) is 11.5 Å². The van der Waals surface area contributed by atoms with Crippen molar-refractivity contribution >= 4 is 21.6 Å². The zero-order valence-corrected chi connectivity index (χ0v) is 18.4. The molecule has 0 radical (unpaired) electrons. The van der Waals surface area contributed by atoms with Crippen molar-refractivity contribution in [2.75, 3.05) is 44.5 Å². The van der Waals surface area contributed by atoms with Crippen molar-refractivity contribution in [3.63, 3.8) is 0 Å². The van der Waals surface area contributed by atoms with E-state index in [1.54, 1.807) is 36.4 Å². The van der Waals surface area contributed by atoms with Gasteiger partial charge in [-0.05, 0) is 42.3 Å². The molecule has 0 saturated carbocycles. The Morgan fingerprint density at radius 1 is 1.19 bits per heavy atom. The Balaban J connectivity index is 1.57. The summed E-state index contributed by atoms with van der Waals surface area (Å²) in [5.74, 6) is 0.940. The number of benzene rings is 2. The van der Waals surface area contributed by atoms with Gasteiger partial charge in [0.2, 0.25) is 15.8 Å². The Kier molecular flexibility index (Phi) is 6.91. The van der Waals surface area contributed by atoms with Crippen molar-refractivity contribution in [2.45, 2.75) is 12.5 Å². The average Bonchev–Trinajstić information content (AvgIpc) is 3.19. The number of nitrogens with zero attached hydrogens (tertiary/aromatic N) is 1. The lowest BCUT2D eigenvalue weighted by atomic mass is 10.1. The van der Waals surface area contributed by atoms with Gasteiger partial charge in [-0.2, -0.15) is 0 Å². The van der Waals surface area contributed by atoms with E-state index < -0.39 is 16.1 Å². The maximum absolute atomic E-state index is 12.5. The number of amides is 1. The number of para-hydroxylation sites is 1. The molecule has 1 heterocycles. The van der Waals surface area contributed by atoms with Gasteiger partial charge >= 0.3 is 0 Å². The standard InChI is InChI=1S/C21H26N2O7S/c1-28-18-5-4-6-19(29-2)20(18)30-13-16(24)12-22-21(25)15-7-8-17-14(11-15)9-10-23(17)31(3,26)27/h4-8,11,16,24H,9-10,12-13H2,1-3H3,(H,22,25). The Labute approximate surface area is 181 Å². The Morgan fingerprint density at radius 2 is 1.87 bits per heavy atom. The fraction of sp³-hybridized carbons (Fsp3) is 0.381. The number of nitrogens with one attached hydrogen (secondary N) is 1. The van der Waals surface area contributed by atoms with Crippen LogP contribution in [0.3, 0.4) is 0 Å². The maximum Gasteiger partial charge on any atom is 0.251 e. The molecule has 0 bridgehead atoms. The lowest BCUT2D eigenvalue weighted by molar-refractivity contribution is 0.0833. The molecule has 0 saturated heterocycles. The van der Waals surface area contributed by atoms with E-state index >= 15 is 0 Å². The summed E-state index contributed by atoms with van der Waals surface area (Å²) < 4.78 is 41.1. The van der Waals surface area contributed by atoms with E-state index in [1.165, 1.54) is 18.5 Å². The highest BCUT2D eigenvalue weighted by Crippen LogP contribution is 2.36. The zero-order chi connectivity index (χ0) is 22.6. The second-order valence-electron chi connectivity index (χ2n) is 7.10. The highest BCUT2D eigenvalue weighted by atomic mass is 32.2. The van der Waals surface area contributed by atoms with Gasteiger partial charge in [0.25, 0.3) is 5.91 Å². The fourth-order valence-electron chi connectivity index (χ4n) is 3.37. The Bertz CT molecular complexity index is 1030. The molecule has 1 unspecified atom stereocenters. The summed E-state index contributed by atoms with van der Waals surface area (Å²) in [6.07, 6.45) is 0.738. The van der Waals surface area contributed by atoms with Crippen LogP contribution in [0.25, 0.3) is 0 Å². The second-order valence-corrected chi connectivity index (χ2v) is 9.00. The van der Waals surface area contributed by atoms with Crippen LogP contribution in [0.1, 0.15) is 15.9 Å². The molecule has 1 aliphatic heterocycles. The molecule has 168 valence electrons. The molecular weight excluding hydrogens is 424 g/mol. The van der Waals surface area contributed by atoms with Gasteiger partial charge in [0, 0.05) is 18.7 Å². The first-order valence-electron chi connectivity index (χ1n) is 9.65. The van der Waals surface area contributed by atoms with E-state index in [0.29, 0.717) is 41.5 Å². The molecule has 0 aromatic heterocycles. The number of carbonyl (C=O) groups is 1. The molecule has 31 heavy (non-hydrogen) atoms. The summed E-state index contributed by atoms with van der Waals surface area (Å²) in [6, 6.07) is 10.1. The third-order valence-electron chi connectivity index (χ3n) is 4.90. The summed E-state index contributed by atoms with van der Waals surface area (Å²) >= 11 is 0. The molecule has 9 nitrogen and oxygen atoms in total. The SMILES string of the molecule is COc1cccc(OC)c1OCC(O)CNC(=O)c1ccc2c(c1)CCN2S(C)(=O)=O. The number of sulfonamides is 1. The minimum Gasteiger partial charge on any atom is -0.493 e. The van der Waals surface area contributed by atoms with E-state index in [9.17, 15) is 18.3 Å². The van der Waals surface area contributed by atoms with Crippen LogP contribution in [-0.4, -0.2) is 65.7 Å². The van der Waals surface area contributed by atoms with E-state index in [0.717, 1.165) is 11.8 Å². The van der Waals surface area contributed by atoms with Crippen LogP contribution in [0.5, 0.6) is 17.2 Å². The van der Waals surface area contributed by atoms with E-state index in [4.69, 9.17) is 14.2 Å². The summed E-state index contributed by atoms with van der Waals surface area (Å²) in [4.78, 5) is 12.5. The highest BCUT2D eigenvalue weighted by Gasteiger charge is 2.26. The molecule has 2 aromatic rings. The maximum atomic E-state index is 12.5. The second kappa shape index (κ2) is 9.44. The van der Waals surface area contributed by atoms with Crippen LogP contribution in [0, 0.1) is 0 Å². The monoisotopic (exact) mass is 450 g/mol. The number of carbonyl (C=O) groups excluding carboxylic acids is 1. The van der Waals surface area contributed by atoms with Gasteiger partial charge < -0.3 is 24.6 Å².